The molecule has 1 aliphatic rings. The fraction of sp³-hybridized carbons (Fsp3) is 0.714. The van der Waals surface area contributed by atoms with Crippen molar-refractivity contribution in [3.05, 3.63) is 17.0 Å². The van der Waals surface area contributed by atoms with E-state index in [9.17, 15) is 8.42 Å². The maximum atomic E-state index is 12.4. The van der Waals surface area contributed by atoms with Crippen LogP contribution in [-0.2, 0) is 21.3 Å². The Kier molecular flexibility index (Phi) is 5.79. The van der Waals surface area contributed by atoms with E-state index in [-0.39, 0.29) is 6.10 Å². The monoisotopic (exact) mass is 332 g/mol. The van der Waals surface area contributed by atoms with Crippen LogP contribution in [0.3, 0.4) is 0 Å². The average molecular weight is 332 g/mol. The Labute approximate surface area is 131 Å². The lowest BCUT2D eigenvalue weighted by Crippen LogP contribution is -2.30. The first-order valence-electron chi connectivity index (χ1n) is 7.29. The lowest BCUT2D eigenvalue weighted by molar-refractivity contribution is 0.0737. The van der Waals surface area contributed by atoms with Gasteiger partial charge in [-0.25, -0.2) is 8.42 Å². The maximum Gasteiger partial charge on any atom is 0.252 e. The SMILES string of the molecule is CC(C)OCCN(C)S(=O)(=O)c1ccc(CNC2CC2)s1. The van der Waals surface area contributed by atoms with Crippen molar-refractivity contribution >= 4 is 21.4 Å². The van der Waals surface area contributed by atoms with Crippen LogP contribution in [0, 0.1) is 0 Å². The molecule has 7 heteroatoms. The molecule has 0 radical (unpaired) electrons. The number of hydrogen-bond acceptors (Lipinski definition) is 5. The molecule has 21 heavy (non-hydrogen) atoms. The second kappa shape index (κ2) is 7.19. The predicted octanol–water partition coefficient (Wildman–Crippen LogP) is 2.05. The van der Waals surface area contributed by atoms with Gasteiger partial charge in [-0.2, -0.15) is 4.31 Å². The molecule has 1 fully saturated rings. The van der Waals surface area contributed by atoms with E-state index in [0.717, 1.165) is 11.4 Å². The molecule has 0 amide bonds. The molecule has 5 nitrogen and oxygen atoms in total. The van der Waals surface area contributed by atoms with E-state index in [4.69, 9.17) is 4.74 Å². The van der Waals surface area contributed by atoms with Crippen LogP contribution in [0.4, 0.5) is 0 Å². The van der Waals surface area contributed by atoms with Crippen molar-refractivity contribution in [2.75, 3.05) is 20.2 Å². The van der Waals surface area contributed by atoms with Crippen molar-refractivity contribution in [1.29, 1.82) is 0 Å². The van der Waals surface area contributed by atoms with Gasteiger partial charge in [-0.1, -0.05) is 0 Å². The normalized spacial score (nSPS) is 16.0. The van der Waals surface area contributed by atoms with Crippen molar-refractivity contribution in [2.24, 2.45) is 0 Å². The summed E-state index contributed by atoms with van der Waals surface area (Å²) in [6.07, 6.45) is 2.58. The highest BCUT2D eigenvalue weighted by atomic mass is 32.2. The molecule has 1 aromatic rings. The summed E-state index contributed by atoms with van der Waals surface area (Å²) in [5.41, 5.74) is 0. The molecule has 120 valence electrons. The number of ether oxygens (including phenoxy) is 1. The van der Waals surface area contributed by atoms with Gasteiger partial charge in [0.15, 0.2) is 0 Å². The zero-order chi connectivity index (χ0) is 15.5. The Bertz CT molecular complexity index is 550. The van der Waals surface area contributed by atoms with Crippen LogP contribution in [-0.4, -0.2) is 45.1 Å². The summed E-state index contributed by atoms with van der Waals surface area (Å²) < 4.78 is 32.0. The van der Waals surface area contributed by atoms with Crippen molar-refractivity contribution in [1.82, 2.24) is 9.62 Å². The molecule has 0 aromatic carbocycles. The van der Waals surface area contributed by atoms with Gasteiger partial charge < -0.3 is 10.1 Å². The first-order valence-corrected chi connectivity index (χ1v) is 9.55. The van der Waals surface area contributed by atoms with Gasteiger partial charge in [0.2, 0.25) is 0 Å². The van der Waals surface area contributed by atoms with E-state index >= 15 is 0 Å². The largest absolute Gasteiger partial charge is 0.377 e. The zero-order valence-corrected chi connectivity index (χ0v) is 14.5. The molecule has 1 N–H and O–H groups in total. The summed E-state index contributed by atoms with van der Waals surface area (Å²) in [6, 6.07) is 4.22. The zero-order valence-electron chi connectivity index (χ0n) is 12.8. The maximum absolute atomic E-state index is 12.4. The van der Waals surface area contributed by atoms with Crippen LogP contribution in [0.1, 0.15) is 31.6 Å². The highest BCUT2D eigenvalue weighted by Crippen LogP contribution is 2.25. The first-order chi connectivity index (χ1) is 9.89. The standard InChI is InChI=1S/C14H24N2O3S2/c1-11(2)19-9-8-16(3)21(17,18)14-7-6-13(20-14)10-15-12-4-5-12/h6-7,11-12,15H,4-5,8-10H2,1-3H3. The van der Waals surface area contributed by atoms with Gasteiger partial charge in [0.25, 0.3) is 10.0 Å². The molecule has 1 heterocycles. The van der Waals surface area contributed by atoms with Crippen LogP contribution >= 0.6 is 11.3 Å². The summed E-state index contributed by atoms with van der Waals surface area (Å²) in [5.74, 6) is 0. The Hall–Kier alpha value is -0.470. The third kappa shape index (κ3) is 5.03. The van der Waals surface area contributed by atoms with E-state index in [0.29, 0.717) is 23.4 Å². The second-order valence-electron chi connectivity index (χ2n) is 5.62. The van der Waals surface area contributed by atoms with Crippen LogP contribution in [0.2, 0.25) is 0 Å². The van der Waals surface area contributed by atoms with E-state index in [1.165, 1.54) is 28.5 Å². The fourth-order valence-electron chi connectivity index (χ4n) is 1.82. The number of sulfonamides is 1. The van der Waals surface area contributed by atoms with Gasteiger partial charge in [-0.3, -0.25) is 0 Å². The van der Waals surface area contributed by atoms with E-state index in [1.807, 2.05) is 19.9 Å². The van der Waals surface area contributed by atoms with Crippen molar-refractivity contribution < 1.29 is 13.2 Å². The Morgan fingerprint density at radius 1 is 1.43 bits per heavy atom. The molecule has 1 aliphatic carbocycles. The smallest absolute Gasteiger partial charge is 0.252 e. The van der Waals surface area contributed by atoms with Crippen LogP contribution < -0.4 is 5.32 Å². The van der Waals surface area contributed by atoms with Crippen molar-refractivity contribution in [3.63, 3.8) is 0 Å². The van der Waals surface area contributed by atoms with Gasteiger partial charge >= 0.3 is 0 Å². The van der Waals surface area contributed by atoms with Gasteiger partial charge in [0.05, 0.1) is 12.7 Å². The minimum Gasteiger partial charge on any atom is -0.377 e. The third-order valence-corrected chi connectivity index (χ3v) is 6.71. The van der Waals surface area contributed by atoms with E-state index < -0.39 is 10.0 Å². The molecular weight excluding hydrogens is 308 g/mol. The summed E-state index contributed by atoms with van der Waals surface area (Å²) >= 11 is 1.34. The number of hydrogen-bond donors (Lipinski definition) is 1. The number of nitrogens with zero attached hydrogens (tertiary/aromatic N) is 1. The molecule has 2 rings (SSSR count). The molecule has 0 saturated heterocycles. The third-order valence-electron chi connectivity index (χ3n) is 3.30. The molecular formula is C14H24N2O3S2. The van der Waals surface area contributed by atoms with Crippen LogP contribution in [0.15, 0.2) is 16.3 Å². The van der Waals surface area contributed by atoms with Gasteiger partial charge in [-0.15, -0.1) is 11.3 Å². The minimum atomic E-state index is -3.39. The topological polar surface area (TPSA) is 58.6 Å². The Morgan fingerprint density at radius 3 is 2.76 bits per heavy atom. The van der Waals surface area contributed by atoms with E-state index in [1.54, 1.807) is 13.1 Å². The van der Waals surface area contributed by atoms with Gasteiger partial charge in [0.1, 0.15) is 4.21 Å². The molecule has 1 saturated carbocycles. The Morgan fingerprint density at radius 2 is 2.14 bits per heavy atom. The minimum absolute atomic E-state index is 0.114. The van der Waals surface area contributed by atoms with Crippen molar-refractivity contribution in [2.45, 2.75) is 49.6 Å². The number of thiophene rings is 1. The van der Waals surface area contributed by atoms with Gasteiger partial charge in [-0.05, 0) is 38.8 Å². The number of nitrogens with one attached hydrogen (secondary N) is 1. The lowest BCUT2D eigenvalue weighted by Gasteiger charge is -2.16. The fourth-order valence-corrected chi connectivity index (χ4v) is 4.49. The summed E-state index contributed by atoms with van der Waals surface area (Å²) in [4.78, 5) is 1.06. The van der Waals surface area contributed by atoms with E-state index in [2.05, 4.69) is 5.32 Å². The highest BCUT2D eigenvalue weighted by Gasteiger charge is 2.24. The summed E-state index contributed by atoms with van der Waals surface area (Å²) in [6.45, 7) is 5.41. The quantitative estimate of drug-likeness (QED) is 0.752. The lowest BCUT2D eigenvalue weighted by atomic mass is 10.4. The number of likely N-dealkylation sites (N-methyl/N-ethyl adjacent to an activating group) is 1. The molecule has 0 unspecified atom stereocenters. The second-order valence-corrected chi connectivity index (χ2v) is 9.06. The predicted molar refractivity (Wildman–Crippen MR) is 85.1 cm³/mol. The van der Waals surface area contributed by atoms with Crippen molar-refractivity contribution in [3.8, 4) is 0 Å². The molecule has 0 bridgehead atoms. The summed E-state index contributed by atoms with van der Waals surface area (Å²) in [7, 11) is -1.80. The molecule has 1 aromatic heterocycles. The average Bonchev–Trinajstić information content (AvgIpc) is 3.12. The molecule has 0 atom stereocenters. The Balaban J connectivity index is 1.90. The first kappa shape index (κ1) is 16.9. The van der Waals surface area contributed by atoms with Gasteiger partial charge in [0, 0.05) is 31.1 Å². The highest BCUT2D eigenvalue weighted by molar-refractivity contribution is 7.91. The number of rotatable bonds is 9. The molecule has 0 spiro atoms. The molecule has 0 aliphatic heterocycles. The van der Waals surface area contributed by atoms with Crippen LogP contribution in [0.25, 0.3) is 0 Å². The van der Waals surface area contributed by atoms with Crippen LogP contribution in [0.5, 0.6) is 0 Å². The summed E-state index contributed by atoms with van der Waals surface area (Å²) in [5, 5.41) is 3.40.